The molecule has 0 bridgehead atoms. The van der Waals surface area contributed by atoms with Crippen LogP contribution in [-0.4, -0.2) is 49.6 Å². The highest BCUT2D eigenvalue weighted by Crippen LogP contribution is 2.24. The zero-order chi connectivity index (χ0) is 10.7. The van der Waals surface area contributed by atoms with Gasteiger partial charge in [0.2, 0.25) is 5.91 Å². The van der Waals surface area contributed by atoms with Crippen LogP contribution < -0.4 is 10.6 Å². The molecule has 15 heavy (non-hydrogen) atoms. The number of hydrogen-bond donors (Lipinski definition) is 2. The van der Waals surface area contributed by atoms with E-state index in [1.165, 1.54) is 25.7 Å². The molecule has 0 aromatic carbocycles. The van der Waals surface area contributed by atoms with Crippen LogP contribution in [0.25, 0.3) is 0 Å². The van der Waals surface area contributed by atoms with Crippen LogP contribution in [0.2, 0.25) is 0 Å². The predicted octanol–water partition coefficient (Wildman–Crippen LogP) is -0.0512. The molecule has 2 saturated carbocycles. The second-order valence-corrected chi connectivity index (χ2v) is 4.72. The minimum Gasteiger partial charge on any atom is -0.354 e. The van der Waals surface area contributed by atoms with Gasteiger partial charge in [-0.15, -0.1) is 0 Å². The molecule has 2 aliphatic rings. The lowest BCUT2D eigenvalue weighted by Crippen LogP contribution is -2.39. The molecule has 86 valence electrons. The van der Waals surface area contributed by atoms with Crippen LogP contribution in [0.1, 0.15) is 25.7 Å². The van der Waals surface area contributed by atoms with E-state index in [2.05, 4.69) is 22.6 Å². The van der Waals surface area contributed by atoms with E-state index < -0.39 is 0 Å². The zero-order valence-corrected chi connectivity index (χ0v) is 9.46. The number of rotatable bonds is 7. The summed E-state index contributed by atoms with van der Waals surface area (Å²) in [4.78, 5) is 13.7. The number of carbonyl (C=O) groups excluding carboxylic acids is 1. The van der Waals surface area contributed by atoms with Crippen LogP contribution in [0, 0.1) is 0 Å². The summed E-state index contributed by atoms with van der Waals surface area (Å²) >= 11 is 0. The summed E-state index contributed by atoms with van der Waals surface area (Å²) in [7, 11) is 2.13. The van der Waals surface area contributed by atoms with E-state index in [-0.39, 0.29) is 5.91 Å². The Balaban J connectivity index is 1.46. The third-order valence-electron chi connectivity index (χ3n) is 3.09. The van der Waals surface area contributed by atoms with Crippen molar-refractivity contribution in [2.75, 3.05) is 26.7 Å². The molecule has 0 spiro atoms. The fourth-order valence-electron chi connectivity index (χ4n) is 1.66. The Bertz CT molecular complexity index is 224. The van der Waals surface area contributed by atoms with Crippen LogP contribution in [0.4, 0.5) is 0 Å². The molecule has 2 N–H and O–H groups in total. The first-order chi connectivity index (χ1) is 7.25. The number of nitrogens with one attached hydrogen (secondary N) is 2. The van der Waals surface area contributed by atoms with E-state index in [1.54, 1.807) is 0 Å². The smallest absolute Gasteiger partial charge is 0.234 e. The van der Waals surface area contributed by atoms with Gasteiger partial charge in [-0.05, 0) is 32.7 Å². The second kappa shape index (κ2) is 4.94. The van der Waals surface area contributed by atoms with Crippen molar-refractivity contribution in [3.8, 4) is 0 Å². The molecule has 0 saturated heterocycles. The van der Waals surface area contributed by atoms with Gasteiger partial charge in [-0.2, -0.15) is 0 Å². The topological polar surface area (TPSA) is 44.4 Å². The van der Waals surface area contributed by atoms with Gasteiger partial charge in [-0.1, -0.05) is 0 Å². The van der Waals surface area contributed by atoms with Crippen molar-refractivity contribution in [1.82, 2.24) is 15.5 Å². The molecule has 0 aromatic heterocycles. The minimum absolute atomic E-state index is 0.131. The van der Waals surface area contributed by atoms with E-state index in [9.17, 15) is 4.79 Å². The van der Waals surface area contributed by atoms with Gasteiger partial charge in [0, 0.05) is 25.2 Å². The Morgan fingerprint density at radius 2 is 2.07 bits per heavy atom. The van der Waals surface area contributed by atoms with Gasteiger partial charge >= 0.3 is 0 Å². The first-order valence-electron chi connectivity index (χ1n) is 5.96. The van der Waals surface area contributed by atoms with Crippen molar-refractivity contribution >= 4 is 5.91 Å². The maximum atomic E-state index is 11.4. The molecule has 0 aromatic rings. The highest BCUT2D eigenvalue weighted by Gasteiger charge is 2.25. The molecule has 0 atom stereocenters. The van der Waals surface area contributed by atoms with E-state index in [0.717, 1.165) is 19.1 Å². The standard InChI is InChI=1S/C11H21N3O/c1-14(10-4-5-10)7-6-12-11(15)8-13-9-2-3-9/h9-10,13H,2-8H2,1H3,(H,12,15). The first-order valence-corrected chi connectivity index (χ1v) is 5.96. The number of amides is 1. The van der Waals surface area contributed by atoms with E-state index in [4.69, 9.17) is 0 Å². The van der Waals surface area contributed by atoms with Crippen LogP contribution in [0.5, 0.6) is 0 Å². The van der Waals surface area contributed by atoms with Crippen molar-refractivity contribution in [2.45, 2.75) is 37.8 Å². The van der Waals surface area contributed by atoms with Gasteiger partial charge < -0.3 is 15.5 Å². The fourth-order valence-corrected chi connectivity index (χ4v) is 1.66. The summed E-state index contributed by atoms with van der Waals surface area (Å²) in [6, 6.07) is 1.40. The number of nitrogens with zero attached hydrogens (tertiary/aromatic N) is 1. The normalized spacial score (nSPS) is 20.7. The summed E-state index contributed by atoms with van der Waals surface area (Å²) in [6.07, 6.45) is 5.12. The zero-order valence-electron chi connectivity index (χ0n) is 9.46. The average molecular weight is 211 g/mol. The monoisotopic (exact) mass is 211 g/mol. The maximum absolute atomic E-state index is 11.4. The minimum atomic E-state index is 0.131. The molecule has 2 rings (SSSR count). The van der Waals surface area contributed by atoms with E-state index >= 15 is 0 Å². The maximum Gasteiger partial charge on any atom is 0.234 e. The lowest BCUT2D eigenvalue weighted by atomic mass is 10.4. The van der Waals surface area contributed by atoms with Gasteiger partial charge in [0.1, 0.15) is 0 Å². The molecular weight excluding hydrogens is 190 g/mol. The lowest BCUT2D eigenvalue weighted by Gasteiger charge is -2.15. The van der Waals surface area contributed by atoms with Crippen LogP contribution in [-0.2, 0) is 4.79 Å². The van der Waals surface area contributed by atoms with Crippen molar-refractivity contribution in [3.63, 3.8) is 0 Å². The molecule has 0 radical (unpaired) electrons. The highest BCUT2D eigenvalue weighted by molar-refractivity contribution is 5.78. The second-order valence-electron chi connectivity index (χ2n) is 4.72. The molecule has 2 aliphatic carbocycles. The Kier molecular flexibility index (Phi) is 3.59. The molecule has 0 unspecified atom stereocenters. The van der Waals surface area contributed by atoms with E-state index in [0.29, 0.717) is 12.6 Å². The van der Waals surface area contributed by atoms with Gasteiger partial charge in [-0.25, -0.2) is 0 Å². The van der Waals surface area contributed by atoms with Crippen LogP contribution in [0.3, 0.4) is 0 Å². The van der Waals surface area contributed by atoms with Crippen LogP contribution in [0.15, 0.2) is 0 Å². The Morgan fingerprint density at radius 1 is 1.33 bits per heavy atom. The lowest BCUT2D eigenvalue weighted by molar-refractivity contribution is -0.120. The number of likely N-dealkylation sites (N-methyl/N-ethyl adjacent to an activating group) is 1. The summed E-state index contributed by atoms with van der Waals surface area (Å²) in [5, 5.41) is 6.14. The average Bonchev–Trinajstić information content (AvgIpc) is 3.04. The molecule has 0 heterocycles. The molecular formula is C11H21N3O. The van der Waals surface area contributed by atoms with Gasteiger partial charge in [0.25, 0.3) is 0 Å². The van der Waals surface area contributed by atoms with Gasteiger partial charge in [-0.3, -0.25) is 4.79 Å². The first kappa shape index (κ1) is 10.9. The van der Waals surface area contributed by atoms with Gasteiger partial charge in [0.05, 0.1) is 6.54 Å². The molecule has 0 aliphatic heterocycles. The quantitative estimate of drug-likeness (QED) is 0.620. The van der Waals surface area contributed by atoms with Crippen molar-refractivity contribution < 1.29 is 4.79 Å². The van der Waals surface area contributed by atoms with Crippen molar-refractivity contribution in [3.05, 3.63) is 0 Å². The Labute approximate surface area is 91.4 Å². The Morgan fingerprint density at radius 3 is 2.67 bits per heavy atom. The molecule has 4 nitrogen and oxygen atoms in total. The van der Waals surface area contributed by atoms with Crippen LogP contribution >= 0.6 is 0 Å². The molecule has 2 fully saturated rings. The number of carbonyl (C=O) groups is 1. The van der Waals surface area contributed by atoms with Crippen molar-refractivity contribution in [1.29, 1.82) is 0 Å². The van der Waals surface area contributed by atoms with Crippen molar-refractivity contribution in [2.24, 2.45) is 0 Å². The largest absolute Gasteiger partial charge is 0.354 e. The Hall–Kier alpha value is -0.610. The predicted molar refractivity (Wildman–Crippen MR) is 59.7 cm³/mol. The third kappa shape index (κ3) is 4.18. The SMILES string of the molecule is CN(CCNC(=O)CNC1CC1)C1CC1. The summed E-state index contributed by atoms with van der Waals surface area (Å²) in [5.41, 5.74) is 0. The van der Waals surface area contributed by atoms with E-state index in [1.807, 2.05) is 0 Å². The van der Waals surface area contributed by atoms with Gasteiger partial charge in [0.15, 0.2) is 0 Å². The fraction of sp³-hybridized carbons (Fsp3) is 0.909. The molecule has 4 heteroatoms. The highest BCUT2D eigenvalue weighted by atomic mass is 16.1. The third-order valence-corrected chi connectivity index (χ3v) is 3.09. The summed E-state index contributed by atoms with van der Waals surface area (Å²) in [5.74, 6) is 0.131. The number of hydrogen-bond acceptors (Lipinski definition) is 3. The summed E-state index contributed by atoms with van der Waals surface area (Å²) < 4.78 is 0. The molecule has 1 amide bonds. The summed E-state index contributed by atoms with van der Waals surface area (Å²) in [6.45, 7) is 2.23.